The Morgan fingerprint density at radius 1 is 1.36 bits per heavy atom. The average molecular weight is 324 g/mol. The Kier molecular flexibility index (Phi) is 4.01. The van der Waals surface area contributed by atoms with E-state index < -0.39 is 15.8 Å². The van der Waals surface area contributed by atoms with Crippen molar-refractivity contribution in [1.29, 1.82) is 0 Å². The van der Waals surface area contributed by atoms with Gasteiger partial charge in [-0.25, -0.2) is 12.8 Å². The Balaban J connectivity index is 1.93. The largest absolute Gasteiger partial charge is 0.359 e. The first-order valence-electron chi connectivity index (χ1n) is 7.25. The maximum atomic E-state index is 13.0. The lowest BCUT2D eigenvalue weighted by atomic mass is 10.1. The third-order valence-corrected chi connectivity index (χ3v) is 5.81. The zero-order chi connectivity index (χ0) is 15.7. The highest BCUT2D eigenvalue weighted by Crippen LogP contribution is 2.36. The molecule has 0 N–H and O–H groups in total. The van der Waals surface area contributed by atoms with E-state index in [0.29, 0.717) is 18.7 Å². The molecular weight excluding hydrogens is 307 g/mol. The van der Waals surface area contributed by atoms with Gasteiger partial charge in [0.2, 0.25) is 10.0 Å². The van der Waals surface area contributed by atoms with E-state index in [-0.39, 0.29) is 10.9 Å². The molecule has 0 saturated carbocycles. The van der Waals surface area contributed by atoms with Gasteiger partial charge in [0, 0.05) is 12.6 Å². The second-order valence-electron chi connectivity index (χ2n) is 5.30. The first-order chi connectivity index (χ1) is 10.5. The number of sulfonamides is 1. The molecule has 1 aliphatic rings. The van der Waals surface area contributed by atoms with Crippen LogP contribution in [0.15, 0.2) is 39.8 Å². The van der Waals surface area contributed by atoms with E-state index in [4.69, 9.17) is 4.52 Å². The number of aromatic nitrogens is 1. The lowest BCUT2D eigenvalue weighted by molar-refractivity contribution is 0.296. The van der Waals surface area contributed by atoms with Crippen molar-refractivity contribution in [2.45, 2.75) is 37.1 Å². The van der Waals surface area contributed by atoms with Crippen molar-refractivity contribution in [2.24, 2.45) is 0 Å². The molecule has 7 heteroatoms. The number of hydrogen-bond donors (Lipinski definition) is 0. The third-order valence-electron chi connectivity index (χ3n) is 3.89. The maximum Gasteiger partial charge on any atom is 0.243 e. The van der Waals surface area contributed by atoms with Crippen LogP contribution in [0.3, 0.4) is 0 Å². The van der Waals surface area contributed by atoms with E-state index in [2.05, 4.69) is 5.16 Å². The van der Waals surface area contributed by atoms with Crippen LogP contribution in [0.25, 0.3) is 0 Å². The normalized spacial score (nSPS) is 19.6. The molecule has 118 valence electrons. The highest BCUT2D eigenvalue weighted by atomic mass is 32.2. The molecule has 1 aliphatic heterocycles. The van der Waals surface area contributed by atoms with Crippen LogP contribution < -0.4 is 0 Å². The fourth-order valence-electron chi connectivity index (χ4n) is 2.71. The predicted molar refractivity (Wildman–Crippen MR) is 78.1 cm³/mol. The molecule has 0 spiro atoms. The van der Waals surface area contributed by atoms with E-state index in [9.17, 15) is 12.8 Å². The molecule has 1 aromatic carbocycles. The predicted octanol–water partition coefficient (Wildman–Crippen LogP) is 2.90. The standard InChI is InChI=1S/C15H17FN2O3S/c1-2-12-10-15(21-17-12)14-4-3-9-18(14)22(19,20)13-7-5-11(16)6-8-13/h5-8,10,14H,2-4,9H2,1H3/t14-/m1/s1. The highest BCUT2D eigenvalue weighted by Gasteiger charge is 2.38. The maximum absolute atomic E-state index is 13.0. The van der Waals surface area contributed by atoms with Crippen molar-refractivity contribution < 1.29 is 17.3 Å². The number of rotatable bonds is 4. The molecule has 3 rings (SSSR count). The van der Waals surface area contributed by atoms with Crippen LogP contribution in [0, 0.1) is 5.82 Å². The van der Waals surface area contributed by atoms with Crippen LogP contribution in [0.2, 0.25) is 0 Å². The van der Waals surface area contributed by atoms with Crippen molar-refractivity contribution in [3.05, 3.63) is 47.6 Å². The quantitative estimate of drug-likeness (QED) is 0.867. The van der Waals surface area contributed by atoms with E-state index in [1.165, 1.54) is 16.4 Å². The third kappa shape index (κ3) is 2.66. The van der Waals surface area contributed by atoms with Crippen LogP contribution in [-0.4, -0.2) is 24.4 Å². The summed E-state index contributed by atoms with van der Waals surface area (Å²) < 4.78 is 45.2. The second kappa shape index (κ2) is 5.81. The number of aryl methyl sites for hydroxylation is 1. The second-order valence-corrected chi connectivity index (χ2v) is 7.19. The molecule has 0 bridgehead atoms. The lowest BCUT2D eigenvalue weighted by Crippen LogP contribution is -2.30. The van der Waals surface area contributed by atoms with Crippen LogP contribution in [0.1, 0.15) is 37.3 Å². The fourth-order valence-corrected chi connectivity index (χ4v) is 4.37. The highest BCUT2D eigenvalue weighted by molar-refractivity contribution is 7.89. The molecule has 5 nitrogen and oxygen atoms in total. The summed E-state index contributed by atoms with van der Waals surface area (Å²) >= 11 is 0. The molecule has 0 amide bonds. The summed E-state index contributed by atoms with van der Waals surface area (Å²) in [7, 11) is -3.67. The first-order valence-corrected chi connectivity index (χ1v) is 8.69. The van der Waals surface area contributed by atoms with Gasteiger partial charge in [-0.15, -0.1) is 0 Å². The van der Waals surface area contributed by atoms with Gasteiger partial charge in [-0.3, -0.25) is 0 Å². The monoisotopic (exact) mass is 324 g/mol. The van der Waals surface area contributed by atoms with Crippen molar-refractivity contribution >= 4 is 10.0 Å². The molecule has 0 unspecified atom stereocenters. The number of hydrogen-bond acceptors (Lipinski definition) is 4. The smallest absolute Gasteiger partial charge is 0.243 e. The summed E-state index contributed by atoms with van der Waals surface area (Å²) in [6.07, 6.45) is 2.19. The Morgan fingerprint density at radius 2 is 2.09 bits per heavy atom. The molecule has 1 atom stereocenters. The van der Waals surface area contributed by atoms with Gasteiger partial charge in [-0.1, -0.05) is 12.1 Å². The summed E-state index contributed by atoms with van der Waals surface area (Å²) in [5, 5.41) is 3.93. The fraction of sp³-hybridized carbons (Fsp3) is 0.400. The van der Waals surface area contributed by atoms with Gasteiger partial charge < -0.3 is 4.52 Å². The van der Waals surface area contributed by atoms with Gasteiger partial charge in [0.05, 0.1) is 16.6 Å². The zero-order valence-corrected chi connectivity index (χ0v) is 13.0. The SMILES string of the molecule is CCc1cc([C@H]2CCCN2S(=O)(=O)c2ccc(F)cc2)on1. The number of nitrogens with zero attached hydrogens (tertiary/aromatic N) is 2. The summed E-state index contributed by atoms with van der Waals surface area (Å²) in [5.41, 5.74) is 0.807. The van der Waals surface area contributed by atoms with Crippen molar-refractivity contribution in [1.82, 2.24) is 9.46 Å². The Labute approximate surface area is 128 Å². The molecule has 1 fully saturated rings. The van der Waals surface area contributed by atoms with Crippen molar-refractivity contribution in [3.63, 3.8) is 0 Å². The molecule has 0 radical (unpaired) electrons. The van der Waals surface area contributed by atoms with Gasteiger partial charge in [0.25, 0.3) is 0 Å². The van der Waals surface area contributed by atoms with Gasteiger partial charge >= 0.3 is 0 Å². The van der Waals surface area contributed by atoms with Gasteiger partial charge in [0.1, 0.15) is 5.82 Å². The van der Waals surface area contributed by atoms with Crippen LogP contribution in [-0.2, 0) is 16.4 Å². The summed E-state index contributed by atoms with van der Waals surface area (Å²) in [6, 6.07) is 6.35. The molecule has 0 aliphatic carbocycles. The van der Waals surface area contributed by atoms with Gasteiger partial charge in [-0.2, -0.15) is 4.31 Å². The number of benzene rings is 1. The topological polar surface area (TPSA) is 63.4 Å². The van der Waals surface area contributed by atoms with E-state index in [1.807, 2.05) is 13.0 Å². The van der Waals surface area contributed by atoms with Crippen molar-refractivity contribution in [3.8, 4) is 0 Å². The summed E-state index contributed by atoms with van der Waals surface area (Å²) in [4.78, 5) is 0.0935. The first kappa shape index (κ1) is 15.2. The molecule has 22 heavy (non-hydrogen) atoms. The Hall–Kier alpha value is -1.73. The minimum atomic E-state index is -3.67. The lowest BCUT2D eigenvalue weighted by Gasteiger charge is -2.22. The van der Waals surface area contributed by atoms with Crippen LogP contribution in [0.4, 0.5) is 4.39 Å². The van der Waals surface area contributed by atoms with Gasteiger partial charge in [0.15, 0.2) is 5.76 Å². The molecule has 1 saturated heterocycles. The molecular formula is C15H17FN2O3S. The number of halogens is 1. The van der Waals surface area contributed by atoms with Crippen LogP contribution >= 0.6 is 0 Å². The summed E-state index contributed by atoms with van der Waals surface area (Å²) in [5.74, 6) is 0.111. The zero-order valence-electron chi connectivity index (χ0n) is 12.2. The van der Waals surface area contributed by atoms with Crippen molar-refractivity contribution in [2.75, 3.05) is 6.54 Å². The Morgan fingerprint density at radius 3 is 2.73 bits per heavy atom. The summed E-state index contributed by atoms with van der Waals surface area (Å²) in [6.45, 7) is 2.38. The molecule has 2 aromatic rings. The van der Waals surface area contributed by atoms with E-state index in [0.717, 1.165) is 30.7 Å². The molecule has 2 heterocycles. The minimum absolute atomic E-state index is 0.0935. The molecule has 1 aromatic heterocycles. The van der Waals surface area contributed by atoms with E-state index >= 15 is 0 Å². The van der Waals surface area contributed by atoms with Crippen LogP contribution in [0.5, 0.6) is 0 Å². The minimum Gasteiger partial charge on any atom is -0.359 e. The average Bonchev–Trinajstić information content (AvgIpc) is 3.16. The van der Waals surface area contributed by atoms with E-state index in [1.54, 1.807) is 0 Å². The van der Waals surface area contributed by atoms with Gasteiger partial charge in [-0.05, 0) is 43.5 Å². The Bertz CT molecular complexity index is 755.